The molecule has 0 aromatic heterocycles. The van der Waals surface area contributed by atoms with E-state index in [-0.39, 0.29) is 16.7 Å². The van der Waals surface area contributed by atoms with E-state index < -0.39 is 10.0 Å². The molecule has 0 aliphatic carbocycles. The molecule has 0 spiro atoms. The van der Waals surface area contributed by atoms with Crippen LogP contribution in [0.25, 0.3) is 0 Å². The Morgan fingerprint density at radius 1 is 1.12 bits per heavy atom. The Morgan fingerprint density at radius 2 is 1.85 bits per heavy atom. The minimum absolute atomic E-state index is 0.00847. The molecule has 9 heteroatoms. The zero-order valence-corrected chi connectivity index (χ0v) is 19.9. The molecule has 3 aromatic carbocycles. The van der Waals surface area contributed by atoms with Crippen molar-refractivity contribution < 1.29 is 17.9 Å². The van der Waals surface area contributed by atoms with Crippen LogP contribution in [0.3, 0.4) is 0 Å². The highest BCUT2D eigenvalue weighted by Crippen LogP contribution is 2.38. The highest BCUT2D eigenvalue weighted by molar-refractivity contribution is 7.89. The van der Waals surface area contributed by atoms with Gasteiger partial charge in [-0.15, -0.1) is 0 Å². The Bertz CT molecular complexity index is 1400. The van der Waals surface area contributed by atoms with Crippen LogP contribution in [0.4, 0.5) is 5.69 Å². The van der Waals surface area contributed by atoms with Gasteiger partial charge in [0.15, 0.2) is 0 Å². The number of nitriles is 1. The summed E-state index contributed by atoms with van der Waals surface area (Å²) in [5, 5.41) is 14.8. The highest BCUT2D eigenvalue weighted by atomic mass is 35.5. The quantitative estimate of drug-likeness (QED) is 0.530. The van der Waals surface area contributed by atoms with Crippen LogP contribution in [0.15, 0.2) is 65.6 Å². The number of nitrogens with zero attached hydrogens (tertiary/aromatic N) is 2. The van der Waals surface area contributed by atoms with Gasteiger partial charge in [0.05, 0.1) is 21.6 Å². The largest absolute Gasteiger partial charge is 0.455 e. The molecule has 3 aromatic rings. The molecular weight excluding hydrogens is 474 g/mol. The summed E-state index contributed by atoms with van der Waals surface area (Å²) >= 11 is 6.40. The second kappa shape index (κ2) is 9.47. The van der Waals surface area contributed by atoms with E-state index in [1.54, 1.807) is 35.2 Å². The molecule has 0 radical (unpaired) electrons. The van der Waals surface area contributed by atoms with E-state index in [1.807, 2.05) is 25.1 Å². The number of aryl methyl sites for hydroxylation is 1. The van der Waals surface area contributed by atoms with E-state index >= 15 is 0 Å². The number of sulfonamides is 1. The second-order valence-electron chi connectivity index (χ2n) is 8.02. The van der Waals surface area contributed by atoms with Crippen LogP contribution in [0.5, 0.6) is 11.5 Å². The van der Waals surface area contributed by atoms with Gasteiger partial charge in [0.25, 0.3) is 0 Å². The predicted octanol–water partition coefficient (Wildman–Crippen LogP) is 4.73. The number of rotatable bonds is 6. The Hall–Kier alpha value is -3.38. The number of benzene rings is 3. The first-order valence-corrected chi connectivity index (χ1v) is 12.6. The van der Waals surface area contributed by atoms with Crippen LogP contribution in [0.1, 0.15) is 36.0 Å². The molecule has 1 heterocycles. The van der Waals surface area contributed by atoms with Crippen molar-refractivity contribution in [2.24, 2.45) is 5.14 Å². The molecule has 0 bridgehead atoms. The SMILES string of the molecule is CCc1ccc(C#N)cc1Oc1cc([C@H]2CC(=O)N(c3ccc(S(N)(=O)=O)cc3)C2)ccc1Cl. The van der Waals surface area contributed by atoms with Gasteiger partial charge >= 0.3 is 0 Å². The maximum Gasteiger partial charge on any atom is 0.238 e. The first-order chi connectivity index (χ1) is 16.2. The van der Waals surface area contributed by atoms with Crippen molar-refractivity contribution in [3.8, 4) is 17.6 Å². The minimum atomic E-state index is -3.80. The fraction of sp³-hybridized carbons (Fsp3) is 0.200. The van der Waals surface area contributed by atoms with Gasteiger partial charge in [0, 0.05) is 24.6 Å². The molecule has 1 saturated heterocycles. The third-order valence-electron chi connectivity index (χ3n) is 5.83. The van der Waals surface area contributed by atoms with Crippen LogP contribution in [-0.2, 0) is 21.2 Å². The maximum absolute atomic E-state index is 12.7. The molecule has 0 unspecified atom stereocenters. The van der Waals surface area contributed by atoms with E-state index in [9.17, 15) is 18.5 Å². The number of amides is 1. The summed E-state index contributed by atoms with van der Waals surface area (Å²) in [7, 11) is -3.80. The summed E-state index contributed by atoms with van der Waals surface area (Å²) in [5.74, 6) is 0.855. The number of carbonyl (C=O) groups excluding carboxylic acids is 1. The molecule has 34 heavy (non-hydrogen) atoms. The standard InChI is InChI=1S/C25H22ClN3O4S/c1-2-17-4-3-16(14-27)11-23(17)33-24-12-18(5-10-22(24)26)19-13-25(30)29(15-19)20-6-8-21(9-7-20)34(28,31)32/h3-12,19H,2,13,15H2,1H3,(H2,28,31,32)/t19-/m0/s1. The molecule has 1 amide bonds. The highest BCUT2D eigenvalue weighted by Gasteiger charge is 2.32. The minimum Gasteiger partial charge on any atom is -0.455 e. The molecule has 7 nitrogen and oxygen atoms in total. The third-order valence-corrected chi connectivity index (χ3v) is 7.07. The Labute approximate surface area is 203 Å². The van der Waals surface area contributed by atoms with Gasteiger partial charge in [-0.1, -0.05) is 30.7 Å². The van der Waals surface area contributed by atoms with Crippen LogP contribution in [0.2, 0.25) is 5.02 Å². The average molecular weight is 496 g/mol. The van der Waals surface area contributed by atoms with E-state index in [2.05, 4.69) is 6.07 Å². The molecule has 1 atom stereocenters. The van der Waals surface area contributed by atoms with Gasteiger partial charge in [-0.25, -0.2) is 13.6 Å². The number of nitrogens with two attached hydrogens (primary N) is 1. The summed E-state index contributed by atoms with van der Waals surface area (Å²) in [5.41, 5.74) is 2.94. The molecule has 174 valence electrons. The first kappa shape index (κ1) is 23.8. The smallest absolute Gasteiger partial charge is 0.238 e. The number of hydrogen-bond donors (Lipinski definition) is 1. The average Bonchev–Trinajstić information content (AvgIpc) is 3.21. The fourth-order valence-corrected chi connectivity index (χ4v) is 4.65. The van der Waals surface area contributed by atoms with Gasteiger partial charge in [0.2, 0.25) is 15.9 Å². The molecule has 2 N–H and O–H groups in total. The Balaban J connectivity index is 1.58. The number of hydrogen-bond acceptors (Lipinski definition) is 5. The number of carbonyl (C=O) groups is 1. The van der Waals surface area contributed by atoms with Gasteiger partial charge < -0.3 is 9.64 Å². The molecular formula is C25H22ClN3O4S. The zero-order chi connectivity index (χ0) is 24.5. The zero-order valence-electron chi connectivity index (χ0n) is 18.4. The summed E-state index contributed by atoms with van der Waals surface area (Å²) < 4.78 is 29.1. The lowest BCUT2D eigenvalue weighted by molar-refractivity contribution is -0.117. The van der Waals surface area contributed by atoms with Crippen LogP contribution in [-0.4, -0.2) is 20.9 Å². The normalized spacial score (nSPS) is 15.9. The number of primary sulfonamides is 1. The molecule has 1 fully saturated rings. The van der Waals surface area contributed by atoms with Crippen LogP contribution in [0, 0.1) is 11.3 Å². The van der Waals surface area contributed by atoms with Gasteiger partial charge in [-0.2, -0.15) is 5.26 Å². The van der Waals surface area contributed by atoms with E-state index in [0.717, 1.165) is 17.5 Å². The number of halogens is 1. The fourth-order valence-electron chi connectivity index (χ4n) is 3.98. The van der Waals surface area contributed by atoms with Crippen molar-refractivity contribution in [3.63, 3.8) is 0 Å². The Morgan fingerprint density at radius 3 is 2.50 bits per heavy atom. The lowest BCUT2D eigenvalue weighted by Crippen LogP contribution is -2.24. The van der Waals surface area contributed by atoms with E-state index in [1.165, 1.54) is 12.1 Å². The summed E-state index contributed by atoms with van der Waals surface area (Å²) in [6, 6.07) is 18.8. The second-order valence-corrected chi connectivity index (χ2v) is 9.99. The topological polar surface area (TPSA) is 113 Å². The van der Waals surface area contributed by atoms with Crippen LogP contribution < -0.4 is 14.8 Å². The lowest BCUT2D eigenvalue weighted by Gasteiger charge is -2.18. The summed E-state index contributed by atoms with van der Waals surface area (Å²) in [6.45, 7) is 2.43. The van der Waals surface area contributed by atoms with Gasteiger partial charge in [-0.3, -0.25) is 4.79 Å². The number of anilines is 1. The van der Waals surface area contributed by atoms with Gasteiger partial charge in [0.1, 0.15) is 11.5 Å². The lowest BCUT2D eigenvalue weighted by atomic mass is 9.98. The molecule has 1 aliphatic heterocycles. The molecule has 0 saturated carbocycles. The van der Waals surface area contributed by atoms with Crippen molar-refractivity contribution in [1.29, 1.82) is 5.26 Å². The van der Waals surface area contributed by atoms with E-state index in [4.69, 9.17) is 21.5 Å². The Kier molecular flexibility index (Phi) is 6.62. The predicted molar refractivity (Wildman–Crippen MR) is 130 cm³/mol. The first-order valence-electron chi connectivity index (χ1n) is 10.6. The summed E-state index contributed by atoms with van der Waals surface area (Å²) in [6.07, 6.45) is 1.02. The summed E-state index contributed by atoms with van der Waals surface area (Å²) in [4.78, 5) is 14.3. The van der Waals surface area contributed by atoms with Gasteiger partial charge in [-0.05, 0) is 66.1 Å². The van der Waals surface area contributed by atoms with Crippen LogP contribution >= 0.6 is 11.6 Å². The third kappa shape index (κ3) is 4.92. The monoisotopic (exact) mass is 495 g/mol. The maximum atomic E-state index is 12.7. The van der Waals surface area contributed by atoms with Crippen molar-refractivity contribution >= 4 is 33.2 Å². The van der Waals surface area contributed by atoms with E-state index in [0.29, 0.717) is 40.7 Å². The van der Waals surface area contributed by atoms with Crippen molar-refractivity contribution in [3.05, 3.63) is 82.4 Å². The van der Waals surface area contributed by atoms with Crippen molar-refractivity contribution in [1.82, 2.24) is 0 Å². The number of ether oxygens (including phenoxy) is 1. The molecule has 4 rings (SSSR count). The molecule has 1 aliphatic rings. The van der Waals surface area contributed by atoms with Crippen molar-refractivity contribution in [2.45, 2.75) is 30.6 Å². The van der Waals surface area contributed by atoms with Crippen molar-refractivity contribution in [2.75, 3.05) is 11.4 Å².